The Kier molecular flexibility index (Phi) is 7.39. The van der Waals surface area contributed by atoms with E-state index < -0.39 is 0 Å². The second-order valence-electron chi connectivity index (χ2n) is 5.86. The van der Waals surface area contributed by atoms with Crippen LogP contribution in [0.25, 0.3) is 0 Å². The van der Waals surface area contributed by atoms with Gasteiger partial charge in [0.25, 0.3) is 6.34 Å². The Labute approximate surface area is 155 Å². The van der Waals surface area contributed by atoms with Crippen molar-refractivity contribution in [2.24, 2.45) is 10.1 Å². The highest BCUT2D eigenvalue weighted by Crippen LogP contribution is 2.34. The van der Waals surface area contributed by atoms with Crippen LogP contribution in [-0.2, 0) is 0 Å². The molecule has 0 fully saturated rings. The van der Waals surface area contributed by atoms with Crippen LogP contribution in [0, 0.1) is 0 Å². The van der Waals surface area contributed by atoms with Crippen LogP contribution in [0.1, 0.15) is 37.7 Å². The largest absolute Gasteiger partial charge is 1.00 e. The molecule has 3 rings (SSSR count). The van der Waals surface area contributed by atoms with Gasteiger partial charge in [0, 0.05) is 16.0 Å². The normalized spacial score (nSPS) is 13.2. The van der Waals surface area contributed by atoms with Gasteiger partial charge in [0.15, 0.2) is 0 Å². The third-order valence-electron chi connectivity index (χ3n) is 4.07. The van der Waals surface area contributed by atoms with Gasteiger partial charge in [-0.25, -0.2) is 0 Å². The lowest BCUT2D eigenvalue weighted by Crippen LogP contribution is -3.00. The van der Waals surface area contributed by atoms with E-state index in [0.29, 0.717) is 5.92 Å². The molecule has 25 heavy (non-hydrogen) atoms. The Morgan fingerprint density at radius 3 is 2.56 bits per heavy atom. The molecule has 0 spiro atoms. The van der Waals surface area contributed by atoms with E-state index in [0.717, 1.165) is 24.5 Å². The van der Waals surface area contributed by atoms with Crippen molar-refractivity contribution >= 4 is 12.7 Å². The summed E-state index contributed by atoms with van der Waals surface area (Å²) < 4.78 is 6.14. The Hall–Kier alpha value is -2.42. The van der Waals surface area contributed by atoms with Gasteiger partial charge in [-0.15, -0.1) is 5.01 Å². The highest BCUT2D eigenvalue weighted by atomic mass is 35.5. The van der Waals surface area contributed by atoms with Gasteiger partial charge in [-0.05, 0) is 30.2 Å². The first-order valence-electron chi connectivity index (χ1n) is 8.44. The SMILES string of the molecule is CCCCC(CN1C=N[C+]=N1)c1ccccc1Oc1ccccc1.[Cl-]. The minimum absolute atomic E-state index is 0. The van der Waals surface area contributed by atoms with E-state index in [1.165, 1.54) is 18.4 Å². The van der Waals surface area contributed by atoms with Crippen molar-refractivity contribution in [3.05, 3.63) is 60.2 Å². The summed E-state index contributed by atoms with van der Waals surface area (Å²) in [4.78, 5) is 3.93. The van der Waals surface area contributed by atoms with Gasteiger partial charge in [0.2, 0.25) is 0 Å². The van der Waals surface area contributed by atoms with Crippen molar-refractivity contribution in [3.63, 3.8) is 0 Å². The Morgan fingerprint density at radius 2 is 1.84 bits per heavy atom. The van der Waals surface area contributed by atoms with Crippen molar-refractivity contribution in [3.8, 4) is 11.5 Å². The van der Waals surface area contributed by atoms with E-state index in [2.05, 4.69) is 35.5 Å². The first kappa shape index (κ1) is 18.9. The van der Waals surface area contributed by atoms with Crippen LogP contribution in [0.5, 0.6) is 11.5 Å². The van der Waals surface area contributed by atoms with Crippen LogP contribution in [0.2, 0.25) is 0 Å². The number of benzene rings is 2. The minimum Gasteiger partial charge on any atom is -1.00 e. The molecule has 130 valence electrons. The maximum absolute atomic E-state index is 6.14. The second-order valence-corrected chi connectivity index (χ2v) is 5.86. The highest BCUT2D eigenvalue weighted by molar-refractivity contribution is 5.75. The minimum atomic E-state index is 0. The molecule has 0 saturated heterocycles. The average Bonchev–Trinajstić information content (AvgIpc) is 3.13. The topological polar surface area (TPSA) is 37.2 Å². The van der Waals surface area contributed by atoms with Crippen LogP contribution < -0.4 is 17.1 Å². The molecular weight excluding hydrogens is 334 g/mol. The van der Waals surface area contributed by atoms with Crippen molar-refractivity contribution < 1.29 is 17.1 Å². The van der Waals surface area contributed by atoms with E-state index in [9.17, 15) is 0 Å². The fraction of sp³-hybridized carbons (Fsp3) is 0.300. The summed E-state index contributed by atoms with van der Waals surface area (Å²) >= 11 is 0. The number of hydrazone groups is 1. The van der Waals surface area contributed by atoms with Gasteiger partial charge in [-0.3, -0.25) is 0 Å². The van der Waals surface area contributed by atoms with Crippen LogP contribution in [0.15, 0.2) is 64.7 Å². The number of rotatable bonds is 8. The van der Waals surface area contributed by atoms with Gasteiger partial charge in [0.05, 0.1) is 6.54 Å². The molecule has 1 atom stereocenters. The molecule has 1 aliphatic heterocycles. The molecule has 0 aliphatic carbocycles. The molecule has 2 aromatic carbocycles. The van der Waals surface area contributed by atoms with E-state index in [1.54, 1.807) is 6.34 Å². The van der Waals surface area contributed by atoms with Gasteiger partial charge < -0.3 is 17.1 Å². The third kappa shape index (κ3) is 5.28. The molecule has 1 unspecified atom stereocenters. The smallest absolute Gasteiger partial charge is 0.371 e. The molecule has 0 radical (unpaired) electrons. The van der Waals surface area contributed by atoms with Crippen molar-refractivity contribution in [2.45, 2.75) is 32.1 Å². The number of aliphatic imine (C=N–C) groups is 1. The fourth-order valence-corrected chi connectivity index (χ4v) is 2.84. The molecule has 0 aromatic heterocycles. The zero-order chi connectivity index (χ0) is 16.6. The first-order valence-corrected chi connectivity index (χ1v) is 8.44. The summed E-state index contributed by atoms with van der Waals surface area (Å²) in [6, 6.07) is 18.2. The summed E-state index contributed by atoms with van der Waals surface area (Å²) in [6.07, 6.45) is 7.78. The standard InChI is InChI=1S/C20H22N3O.ClH/c1-2-3-9-17(14-23-16-21-15-22-23)19-12-7-8-13-20(19)24-18-10-5-4-6-11-18;/h4-8,10-13,16-17H,2-3,9,14H2,1H3;1H/q+1;/p-1. The number of halogens is 1. The maximum atomic E-state index is 6.14. The maximum Gasteiger partial charge on any atom is 0.371 e. The van der Waals surface area contributed by atoms with E-state index in [4.69, 9.17) is 4.74 Å². The lowest BCUT2D eigenvalue weighted by Gasteiger charge is -2.21. The molecule has 2 aromatic rings. The summed E-state index contributed by atoms with van der Waals surface area (Å²) in [5.74, 6) is 2.10. The molecule has 0 amide bonds. The van der Waals surface area contributed by atoms with Crippen molar-refractivity contribution in [2.75, 3.05) is 6.54 Å². The molecule has 1 aliphatic rings. The molecule has 0 bridgehead atoms. The quantitative estimate of drug-likeness (QED) is 0.678. The highest BCUT2D eigenvalue weighted by Gasteiger charge is 2.22. The van der Waals surface area contributed by atoms with E-state index in [1.807, 2.05) is 47.5 Å². The van der Waals surface area contributed by atoms with Crippen LogP contribution in [-0.4, -0.2) is 24.2 Å². The summed E-state index contributed by atoms with van der Waals surface area (Å²) in [5.41, 5.74) is 1.21. The number of unbranched alkanes of at least 4 members (excludes halogenated alkanes) is 1. The van der Waals surface area contributed by atoms with E-state index in [-0.39, 0.29) is 12.4 Å². The summed E-state index contributed by atoms with van der Waals surface area (Å²) in [5, 5.41) is 5.99. The molecule has 0 N–H and O–H groups in total. The van der Waals surface area contributed by atoms with Gasteiger partial charge in [0.1, 0.15) is 11.5 Å². The lowest BCUT2D eigenvalue weighted by molar-refractivity contribution is -0.00000542. The lowest BCUT2D eigenvalue weighted by atomic mass is 9.92. The molecular formula is C20H22ClN3O. The Balaban J connectivity index is 0.00000225. The van der Waals surface area contributed by atoms with Crippen LogP contribution >= 0.6 is 0 Å². The molecule has 1 heterocycles. The van der Waals surface area contributed by atoms with Crippen LogP contribution in [0.4, 0.5) is 0 Å². The van der Waals surface area contributed by atoms with Crippen molar-refractivity contribution in [1.29, 1.82) is 0 Å². The molecule has 4 nitrogen and oxygen atoms in total. The predicted octanol–water partition coefficient (Wildman–Crippen LogP) is 1.92. The molecule has 5 heteroatoms. The monoisotopic (exact) mass is 355 g/mol. The van der Waals surface area contributed by atoms with Crippen LogP contribution in [0.3, 0.4) is 0 Å². The predicted molar refractivity (Wildman–Crippen MR) is 97.9 cm³/mol. The number of para-hydroxylation sites is 2. The zero-order valence-electron chi connectivity index (χ0n) is 14.3. The average molecular weight is 356 g/mol. The van der Waals surface area contributed by atoms with E-state index >= 15 is 0 Å². The summed E-state index contributed by atoms with van der Waals surface area (Å²) in [6.45, 7) is 3.00. The number of ether oxygens (including phenoxy) is 1. The third-order valence-corrected chi connectivity index (χ3v) is 4.07. The molecule has 0 saturated carbocycles. The van der Waals surface area contributed by atoms with Gasteiger partial charge in [-0.2, -0.15) is 0 Å². The summed E-state index contributed by atoms with van der Waals surface area (Å²) in [7, 11) is 0. The number of hydrogen-bond donors (Lipinski definition) is 0. The van der Waals surface area contributed by atoms with Gasteiger partial charge in [-0.1, -0.05) is 56.2 Å². The Bertz CT molecular complexity index is 691. The number of nitrogens with zero attached hydrogens (tertiary/aromatic N) is 3. The first-order chi connectivity index (χ1) is 11.9. The van der Waals surface area contributed by atoms with Gasteiger partial charge >= 0.3 is 6.34 Å². The van der Waals surface area contributed by atoms with Crippen molar-refractivity contribution in [1.82, 2.24) is 5.01 Å². The fourth-order valence-electron chi connectivity index (χ4n) is 2.84. The zero-order valence-corrected chi connectivity index (χ0v) is 15.1. The second kappa shape index (κ2) is 9.77. The number of hydrogen-bond acceptors (Lipinski definition) is 4. The Morgan fingerprint density at radius 1 is 1.08 bits per heavy atom.